The first-order valence-electron chi connectivity index (χ1n) is 8.79. The maximum absolute atomic E-state index is 12.4. The summed E-state index contributed by atoms with van der Waals surface area (Å²) in [6, 6.07) is 2.04. The molecule has 7 nitrogen and oxygen atoms in total. The van der Waals surface area contributed by atoms with E-state index in [0.29, 0.717) is 0 Å². The lowest BCUT2D eigenvalue weighted by Crippen LogP contribution is -2.50. The predicted molar refractivity (Wildman–Crippen MR) is 95.3 cm³/mol. The number of nitrogens with one attached hydrogen (secondary N) is 1. The standard InChI is InChI=1S/C18H28N4O3/c1-6-25-17(24)18(4,5)16(23)21-14-7-9-22(10-8-14)15-11-12(2)19-13(3)20-15/h11,14H,6-10H2,1-5H3,(H,21,23). The zero-order valence-electron chi connectivity index (χ0n) is 15.8. The molecule has 0 bridgehead atoms. The molecule has 1 aromatic rings. The maximum atomic E-state index is 12.4. The highest BCUT2D eigenvalue weighted by Gasteiger charge is 2.38. The number of hydrogen-bond donors (Lipinski definition) is 1. The molecule has 2 rings (SSSR count). The van der Waals surface area contributed by atoms with Crippen LogP contribution >= 0.6 is 0 Å². The molecule has 1 saturated heterocycles. The number of carbonyl (C=O) groups excluding carboxylic acids is 2. The van der Waals surface area contributed by atoms with Crippen molar-refractivity contribution in [2.45, 2.75) is 53.5 Å². The molecule has 1 aromatic heterocycles. The molecule has 0 radical (unpaired) electrons. The van der Waals surface area contributed by atoms with E-state index < -0.39 is 11.4 Å². The predicted octanol–water partition coefficient (Wildman–Crippen LogP) is 1.77. The highest BCUT2D eigenvalue weighted by atomic mass is 16.5. The van der Waals surface area contributed by atoms with Crippen LogP contribution in [0.1, 0.15) is 45.1 Å². The van der Waals surface area contributed by atoms with Gasteiger partial charge in [-0.2, -0.15) is 0 Å². The van der Waals surface area contributed by atoms with Gasteiger partial charge in [-0.05, 0) is 47.5 Å². The molecule has 0 aliphatic carbocycles. The van der Waals surface area contributed by atoms with Gasteiger partial charge >= 0.3 is 5.97 Å². The molecule has 7 heteroatoms. The lowest BCUT2D eigenvalue weighted by Gasteiger charge is -2.34. The molecule has 1 fully saturated rings. The van der Waals surface area contributed by atoms with Crippen molar-refractivity contribution in [2.75, 3.05) is 24.6 Å². The maximum Gasteiger partial charge on any atom is 0.321 e. The van der Waals surface area contributed by atoms with E-state index in [1.807, 2.05) is 19.9 Å². The average Bonchev–Trinajstić information content (AvgIpc) is 2.54. The Morgan fingerprint density at radius 1 is 1.28 bits per heavy atom. The number of aromatic nitrogens is 2. The van der Waals surface area contributed by atoms with Gasteiger partial charge in [0, 0.05) is 30.9 Å². The monoisotopic (exact) mass is 348 g/mol. The van der Waals surface area contributed by atoms with Crippen molar-refractivity contribution in [3.05, 3.63) is 17.6 Å². The average molecular weight is 348 g/mol. The third kappa shape index (κ3) is 4.67. The van der Waals surface area contributed by atoms with Crippen LogP contribution in [0.5, 0.6) is 0 Å². The van der Waals surface area contributed by atoms with Gasteiger partial charge in [-0.15, -0.1) is 0 Å². The number of hydrogen-bond acceptors (Lipinski definition) is 6. The Morgan fingerprint density at radius 2 is 1.92 bits per heavy atom. The SMILES string of the molecule is CCOC(=O)C(C)(C)C(=O)NC1CCN(c2cc(C)nc(C)n2)CC1. The summed E-state index contributed by atoms with van der Waals surface area (Å²) in [7, 11) is 0. The van der Waals surface area contributed by atoms with Gasteiger partial charge in [0.25, 0.3) is 0 Å². The smallest absolute Gasteiger partial charge is 0.321 e. The van der Waals surface area contributed by atoms with E-state index in [0.717, 1.165) is 43.3 Å². The summed E-state index contributed by atoms with van der Waals surface area (Å²) in [4.78, 5) is 35.4. The largest absolute Gasteiger partial charge is 0.465 e. The molecule has 0 atom stereocenters. The quantitative estimate of drug-likeness (QED) is 0.645. The summed E-state index contributed by atoms with van der Waals surface area (Å²) in [6.45, 7) is 10.7. The molecular weight excluding hydrogens is 320 g/mol. The van der Waals surface area contributed by atoms with Gasteiger partial charge in [-0.3, -0.25) is 9.59 Å². The summed E-state index contributed by atoms with van der Waals surface area (Å²) >= 11 is 0. The van der Waals surface area contributed by atoms with Crippen LogP contribution in [0.25, 0.3) is 0 Å². The van der Waals surface area contributed by atoms with Crippen LogP contribution in [0.2, 0.25) is 0 Å². The Kier molecular flexibility index (Phi) is 5.98. The third-order valence-electron chi connectivity index (χ3n) is 4.46. The normalized spacial score (nSPS) is 15.8. The first kappa shape index (κ1) is 19.1. The summed E-state index contributed by atoms with van der Waals surface area (Å²) in [5, 5.41) is 2.99. The zero-order valence-corrected chi connectivity index (χ0v) is 15.8. The molecule has 1 N–H and O–H groups in total. The Hall–Kier alpha value is -2.18. The number of aryl methyl sites for hydroxylation is 2. The van der Waals surface area contributed by atoms with E-state index in [-0.39, 0.29) is 18.6 Å². The molecule has 138 valence electrons. The molecule has 0 spiro atoms. The Labute approximate surface area is 149 Å². The van der Waals surface area contributed by atoms with Crippen LogP contribution in [0, 0.1) is 19.3 Å². The van der Waals surface area contributed by atoms with Crippen LogP contribution in [0.15, 0.2) is 6.07 Å². The second-order valence-corrected chi connectivity index (χ2v) is 6.99. The first-order valence-corrected chi connectivity index (χ1v) is 8.79. The van der Waals surface area contributed by atoms with Gasteiger partial charge in [0.2, 0.25) is 5.91 Å². The number of rotatable bonds is 5. The number of amides is 1. The van der Waals surface area contributed by atoms with Crippen molar-refractivity contribution < 1.29 is 14.3 Å². The first-order chi connectivity index (χ1) is 11.7. The van der Waals surface area contributed by atoms with Crippen molar-refractivity contribution in [1.82, 2.24) is 15.3 Å². The summed E-state index contributed by atoms with van der Waals surface area (Å²) < 4.78 is 4.99. The number of nitrogens with zero attached hydrogens (tertiary/aromatic N) is 3. The Morgan fingerprint density at radius 3 is 2.48 bits per heavy atom. The molecule has 1 amide bonds. The van der Waals surface area contributed by atoms with E-state index in [1.54, 1.807) is 20.8 Å². The van der Waals surface area contributed by atoms with Gasteiger partial charge in [0.1, 0.15) is 17.1 Å². The number of esters is 1. The zero-order chi connectivity index (χ0) is 18.6. The van der Waals surface area contributed by atoms with Gasteiger partial charge in [-0.25, -0.2) is 9.97 Å². The van der Waals surface area contributed by atoms with Gasteiger partial charge in [0.15, 0.2) is 0 Å². The van der Waals surface area contributed by atoms with Crippen LogP contribution < -0.4 is 10.2 Å². The molecule has 1 aliphatic rings. The van der Waals surface area contributed by atoms with E-state index in [4.69, 9.17) is 4.74 Å². The number of ether oxygens (including phenoxy) is 1. The lowest BCUT2D eigenvalue weighted by molar-refractivity contribution is -0.158. The fourth-order valence-electron chi connectivity index (χ4n) is 2.88. The minimum atomic E-state index is -1.17. The fourth-order valence-corrected chi connectivity index (χ4v) is 2.88. The topological polar surface area (TPSA) is 84.4 Å². The van der Waals surface area contributed by atoms with Crippen LogP contribution in [0.4, 0.5) is 5.82 Å². The Bertz CT molecular complexity index is 617. The Balaban J connectivity index is 1.92. The van der Waals surface area contributed by atoms with Crippen molar-refractivity contribution in [3.8, 4) is 0 Å². The summed E-state index contributed by atoms with van der Waals surface area (Å²) in [6.07, 6.45) is 1.62. The van der Waals surface area contributed by atoms with Crippen molar-refractivity contribution in [1.29, 1.82) is 0 Å². The van der Waals surface area contributed by atoms with Gasteiger partial charge in [0.05, 0.1) is 6.61 Å². The minimum Gasteiger partial charge on any atom is -0.465 e. The van der Waals surface area contributed by atoms with Crippen molar-refractivity contribution in [2.24, 2.45) is 5.41 Å². The van der Waals surface area contributed by atoms with Crippen molar-refractivity contribution in [3.63, 3.8) is 0 Å². The molecule has 0 saturated carbocycles. The molecule has 25 heavy (non-hydrogen) atoms. The summed E-state index contributed by atoms with van der Waals surface area (Å²) in [5.74, 6) is 0.929. The molecular formula is C18H28N4O3. The lowest BCUT2D eigenvalue weighted by atomic mass is 9.91. The fraction of sp³-hybridized carbons (Fsp3) is 0.667. The van der Waals surface area contributed by atoms with Crippen LogP contribution in [0.3, 0.4) is 0 Å². The van der Waals surface area contributed by atoms with Gasteiger partial charge in [-0.1, -0.05) is 0 Å². The second-order valence-electron chi connectivity index (χ2n) is 6.99. The second kappa shape index (κ2) is 7.80. The number of piperidine rings is 1. The van der Waals surface area contributed by atoms with E-state index in [1.165, 1.54) is 0 Å². The van der Waals surface area contributed by atoms with Crippen LogP contribution in [-0.2, 0) is 14.3 Å². The molecule has 2 heterocycles. The number of anilines is 1. The summed E-state index contributed by atoms with van der Waals surface area (Å²) in [5.41, 5.74) is -0.220. The van der Waals surface area contributed by atoms with Crippen LogP contribution in [-0.4, -0.2) is 47.6 Å². The third-order valence-corrected chi connectivity index (χ3v) is 4.46. The van der Waals surface area contributed by atoms with E-state index in [9.17, 15) is 9.59 Å². The van der Waals surface area contributed by atoms with Crippen molar-refractivity contribution >= 4 is 17.7 Å². The van der Waals surface area contributed by atoms with E-state index in [2.05, 4.69) is 20.2 Å². The molecule has 0 unspecified atom stereocenters. The minimum absolute atomic E-state index is 0.0569. The van der Waals surface area contributed by atoms with E-state index >= 15 is 0 Å². The molecule has 1 aliphatic heterocycles. The van der Waals surface area contributed by atoms with Gasteiger partial charge < -0.3 is 15.0 Å². The number of carbonyl (C=O) groups is 2. The highest BCUT2D eigenvalue weighted by Crippen LogP contribution is 2.22. The highest BCUT2D eigenvalue weighted by molar-refractivity contribution is 6.01. The molecule has 0 aromatic carbocycles.